The van der Waals surface area contributed by atoms with Crippen molar-refractivity contribution in [2.75, 3.05) is 13.2 Å². The molecule has 0 aliphatic heterocycles. The monoisotopic (exact) mass is 357 g/mol. The molecule has 0 radical (unpaired) electrons. The molecule has 6 nitrogen and oxygen atoms in total. The fourth-order valence-corrected chi connectivity index (χ4v) is 2.72. The molecule has 0 spiro atoms. The number of guanidine groups is 1. The highest BCUT2D eigenvalue weighted by atomic mass is 16.5. The predicted octanol–water partition coefficient (Wildman–Crippen LogP) is 2.83. The summed E-state index contributed by atoms with van der Waals surface area (Å²) in [5.74, 6) is 0.813. The van der Waals surface area contributed by atoms with Crippen LogP contribution in [0, 0.1) is 13.8 Å². The number of aryl methyl sites for hydroxylation is 2. The van der Waals surface area contributed by atoms with Crippen molar-refractivity contribution < 1.29 is 4.74 Å². The summed E-state index contributed by atoms with van der Waals surface area (Å²) in [7, 11) is 1.97. The van der Waals surface area contributed by atoms with Gasteiger partial charge in [-0.15, -0.1) is 0 Å². The minimum Gasteiger partial charge on any atom is -0.377 e. The van der Waals surface area contributed by atoms with Gasteiger partial charge in [0.05, 0.1) is 18.8 Å². The maximum atomic E-state index is 5.43. The van der Waals surface area contributed by atoms with Crippen molar-refractivity contribution in [3.05, 3.63) is 52.3 Å². The largest absolute Gasteiger partial charge is 0.377 e. The second-order valence-corrected chi connectivity index (χ2v) is 6.28. The van der Waals surface area contributed by atoms with Crippen molar-refractivity contribution in [3.63, 3.8) is 0 Å². The highest BCUT2D eigenvalue weighted by Crippen LogP contribution is 2.11. The molecule has 0 aliphatic rings. The van der Waals surface area contributed by atoms with Crippen molar-refractivity contribution in [2.45, 2.75) is 47.4 Å². The lowest BCUT2D eigenvalue weighted by Gasteiger charge is -2.12. The van der Waals surface area contributed by atoms with E-state index in [-0.39, 0.29) is 0 Å². The molecule has 142 valence electrons. The molecule has 0 atom stereocenters. The van der Waals surface area contributed by atoms with Crippen molar-refractivity contribution in [2.24, 2.45) is 12.0 Å². The van der Waals surface area contributed by atoms with Gasteiger partial charge in [0.15, 0.2) is 5.96 Å². The molecule has 2 N–H and O–H groups in total. The van der Waals surface area contributed by atoms with Crippen LogP contribution >= 0.6 is 0 Å². The molecule has 0 amide bonds. The van der Waals surface area contributed by atoms with E-state index in [1.807, 2.05) is 25.6 Å². The number of aromatic nitrogens is 2. The molecule has 0 aliphatic carbocycles. The van der Waals surface area contributed by atoms with Crippen LogP contribution in [0.2, 0.25) is 0 Å². The molecule has 0 saturated carbocycles. The average molecular weight is 358 g/mol. The van der Waals surface area contributed by atoms with Crippen LogP contribution < -0.4 is 10.6 Å². The Balaban J connectivity index is 1.97. The third-order valence-corrected chi connectivity index (χ3v) is 4.35. The molecule has 6 heteroatoms. The molecular formula is C20H31N5O. The highest BCUT2D eigenvalue weighted by molar-refractivity contribution is 5.79. The summed E-state index contributed by atoms with van der Waals surface area (Å²) in [6, 6.07) is 8.42. The molecule has 2 rings (SSSR count). The maximum absolute atomic E-state index is 5.43. The van der Waals surface area contributed by atoms with Gasteiger partial charge in [-0.1, -0.05) is 24.3 Å². The first-order valence-electron chi connectivity index (χ1n) is 9.21. The first-order valence-corrected chi connectivity index (χ1v) is 9.21. The Labute approximate surface area is 156 Å². The smallest absolute Gasteiger partial charge is 0.191 e. The topological polar surface area (TPSA) is 63.5 Å². The molecule has 0 fully saturated rings. The minimum absolute atomic E-state index is 0.634. The van der Waals surface area contributed by atoms with E-state index in [4.69, 9.17) is 9.73 Å². The van der Waals surface area contributed by atoms with Crippen molar-refractivity contribution in [1.29, 1.82) is 0 Å². The van der Waals surface area contributed by atoms with Gasteiger partial charge < -0.3 is 15.4 Å². The molecule has 0 saturated heterocycles. The van der Waals surface area contributed by atoms with Gasteiger partial charge in [-0.2, -0.15) is 5.10 Å². The Morgan fingerprint density at radius 1 is 1.12 bits per heavy atom. The van der Waals surface area contributed by atoms with Gasteiger partial charge in [-0.05, 0) is 38.8 Å². The third kappa shape index (κ3) is 5.59. The number of benzene rings is 1. The van der Waals surface area contributed by atoms with Crippen molar-refractivity contribution in [3.8, 4) is 0 Å². The summed E-state index contributed by atoms with van der Waals surface area (Å²) in [4.78, 5) is 4.69. The summed E-state index contributed by atoms with van der Waals surface area (Å²) in [5, 5.41) is 11.2. The summed E-state index contributed by atoms with van der Waals surface area (Å²) in [6.07, 6.45) is 0. The molecule has 2 aromatic rings. The molecule has 0 unspecified atom stereocenters. The van der Waals surface area contributed by atoms with Gasteiger partial charge in [0, 0.05) is 38.0 Å². The van der Waals surface area contributed by atoms with Crippen LogP contribution in [0.25, 0.3) is 0 Å². The van der Waals surface area contributed by atoms with Crippen LogP contribution in [0.1, 0.15) is 41.9 Å². The van der Waals surface area contributed by atoms with E-state index in [9.17, 15) is 0 Å². The fourth-order valence-electron chi connectivity index (χ4n) is 2.72. The Hall–Kier alpha value is -2.34. The Morgan fingerprint density at radius 2 is 1.81 bits per heavy atom. The molecule has 0 bridgehead atoms. The van der Waals surface area contributed by atoms with E-state index in [0.29, 0.717) is 19.7 Å². The summed E-state index contributed by atoms with van der Waals surface area (Å²) in [6.45, 7) is 11.8. The molecule has 26 heavy (non-hydrogen) atoms. The summed E-state index contributed by atoms with van der Waals surface area (Å²) < 4.78 is 7.35. The number of rotatable bonds is 8. The van der Waals surface area contributed by atoms with E-state index >= 15 is 0 Å². The first-order chi connectivity index (χ1) is 12.5. The second kappa shape index (κ2) is 9.97. The van der Waals surface area contributed by atoms with Crippen LogP contribution in [-0.2, 0) is 31.5 Å². The quantitative estimate of drug-likeness (QED) is 0.563. The zero-order valence-corrected chi connectivity index (χ0v) is 16.6. The lowest BCUT2D eigenvalue weighted by molar-refractivity contribution is 0.134. The Bertz CT molecular complexity index is 719. The first kappa shape index (κ1) is 20.0. The molecule has 1 aromatic carbocycles. The summed E-state index contributed by atoms with van der Waals surface area (Å²) >= 11 is 0. The number of hydrogen-bond donors (Lipinski definition) is 2. The van der Waals surface area contributed by atoms with Crippen molar-refractivity contribution in [1.82, 2.24) is 20.4 Å². The van der Waals surface area contributed by atoms with Gasteiger partial charge in [0.25, 0.3) is 0 Å². The zero-order chi connectivity index (χ0) is 18.9. The van der Waals surface area contributed by atoms with Gasteiger partial charge in [-0.3, -0.25) is 4.68 Å². The van der Waals surface area contributed by atoms with E-state index in [1.54, 1.807) is 0 Å². The van der Waals surface area contributed by atoms with E-state index < -0.39 is 0 Å². The molecule has 1 aromatic heterocycles. The lowest BCUT2D eigenvalue weighted by atomic mass is 10.1. The van der Waals surface area contributed by atoms with Crippen LogP contribution in [0.15, 0.2) is 29.3 Å². The normalized spacial score (nSPS) is 11.7. The number of nitrogens with zero attached hydrogens (tertiary/aromatic N) is 3. The van der Waals surface area contributed by atoms with Crippen molar-refractivity contribution >= 4 is 5.96 Å². The minimum atomic E-state index is 0.634. The standard InChI is InChI=1S/C20H31N5O/c1-6-21-20(23-13-19-15(3)24-25(5)16(19)4)22-12-17-8-10-18(11-9-17)14-26-7-2/h8-11H,6-7,12-14H2,1-5H3,(H2,21,22,23). The summed E-state index contributed by atoms with van der Waals surface area (Å²) in [5.41, 5.74) is 5.82. The number of hydrogen-bond acceptors (Lipinski definition) is 3. The number of aliphatic imine (C=N–C) groups is 1. The lowest BCUT2D eigenvalue weighted by Crippen LogP contribution is -2.37. The molecular weight excluding hydrogens is 326 g/mol. The van der Waals surface area contributed by atoms with Crippen LogP contribution in [0.4, 0.5) is 0 Å². The van der Waals surface area contributed by atoms with E-state index in [2.05, 4.69) is 53.8 Å². The van der Waals surface area contributed by atoms with Gasteiger partial charge in [0.1, 0.15) is 0 Å². The third-order valence-electron chi connectivity index (χ3n) is 4.35. The number of ether oxygens (including phenoxy) is 1. The van der Waals surface area contributed by atoms with Gasteiger partial charge >= 0.3 is 0 Å². The SMILES string of the molecule is CCNC(=NCc1ccc(COCC)cc1)NCc1c(C)nn(C)c1C. The average Bonchev–Trinajstić information content (AvgIpc) is 2.88. The van der Waals surface area contributed by atoms with Crippen LogP contribution in [0.5, 0.6) is 0 Å². The van der Waals surface area contributed by atoms with Gasteiger partial charge in [-0.25, -0.2) is 4.99 Å². The Kier molecular flexibility index (Phi) is 7.66. The zero-order valence-electron chi connectivity index (χ0n) is 16.6. The highest BCUT2D eigenvalue weighted by Gasteiger charge is 2.09. The van der Waals surface area contributed by atoms with E-state index in [1.165, 1.54) is 22.4 Å². The van der Waals surface area contributed by atoms with Crippen LogP contribution in [0.3, 0.4) is 0 Å². The Morgan fingerprint density at radius 3 is 2.38 bits per heavy atom. The van der Waals surface area contributed by atoms with Crippen LogP contribution in [-0.4, -0.2) is 28.9 Å². The number of nitrogens with one attached hydrogen (secondary N) is 2. The second-order valence-electron chi connectivity index (χ2n) is 6.28. The van der Waals surface area contributed by atoms with Gasteiger partial charge in [0.2, 0.25) is 0 Å². The predicted molar refractivity (Wildman–Crippen MR) is 106 cm³/mol. The molecule has 1 heterocycles. The fraction of sp³-hybridized carbons (Fsp3) is 0.500. The maximum Gasteiger partial charge on any atom is 0.191 e. The van der Waals surface area contributed by atoms with E-state index in [0.717, 1.165) is 24.8 Å².